The molecule has 7 heteroatoms. The van der Waals surface area contributed by atoms with Gasteiger partial charge in [0, 0.05) is 18.2 Å². The third-order valence-corrected chi connectivity index (χ3v) is 8.30. The Morgan fingerprint density at radius 3 is 2.79 bits per heavy atom. The van der Waals surface area contributed by atoms with Gasteiger partial charge in [-0.2, -0.15) is 0 Å². The maximum Gasteiger partial charge on any atom is 0.327 e. The van der Waals surface area contributed by atoms with E-state index in [2.05, 4.69) is 4.90 Å². The molecule has 1 unspecified atom stereocenters. The molecule has 2 bridgehead atoms. The van der Waals surface area contributed by atoms with Crippen LogP contribution in [0.25, 0.3) is 0 Å². The molecule has 150 valence electrons. The number of hydrogen-bond donors (Lipinski definition) is 4. The highest BCUT2D eigenvalue weighted by atomic mass is 16.5. The first-order valence-electron chi connectivity index (χ1n) is 10.3. The fourth-order valence-corrected chi connectivity index (χ4v) is 6.77. The second-order valence-electron chi connectivity index (χ2n) is 9.60. The second-order valence-corrected chi connectivity index (χ2v) is 9.60. The molecule has 5 atom stereocenters. The SMILES string of the molecule is N[C@@]1(C(=O)O)CC[C@@]2(O)C3Cc4ccc(O)c5c4[C@@]2(CCN3CC2CC2)[C@H]1O5. The summed E-state index contributed by atoms with van der Waals surface area (Å²) in [7, 11) is 0. The standard InChI is InChI=1S/C21H26N2O5/c22-20(18(25)26)5-6-21(27)14-9-12-3-4-13(24)16-15(12)19(21,17(20)28-16)7-8-23(14)10-11-1-2-11/h3-4,11,14,17,24,27H,1-2,5-10,22H2,(H,25,26)/t14?,17-,19+,20+,21-/m1/s1. The van der Waals surface area contributed by atoms with Gasteiger partial charge < -0.3 is 25.8 Å². The predicted octanol–water partition coefficient (Wildman–Crippen LogP) is 0.738. The van der Waals surface area contributed by atoms with Crippen molar-refractivity contribution in [3.8, 4) is 11.5 Å². The molecule has 1 aromatic carbocycles. The van der Waals surface area contributed by atoms with Gasteiger partial charge in [-0.15, -0.1) is 0 Å². The summed E-state index contributed by atoms with van der Waals surface area (Å²) in [5.74, 6) is -0.0731. The number of aliphatic carboxylic acids is 1. The molecule has 0 aromatic heterocycles. The number of benzene rings is 1. The molecule has 5 N–H and O–H groups in total. The highest BCUT2D eigenvalue weighted by Gasteiger charge is 2.76. The summed E-state index contributed by atoms with van der Waals surface area (Å²) in [6.45, 7) is 1.77. The van der Waals surface area contributed by atoms with Gasteiger partial charge in [0.1, 0.15) is 6.10 Å². The molecule has 1 spiro atoms. The smallest absolute Gasteiger partial charge is 0.327 e. The van der Waals surface area contributed by atoms with E-state index in [1.54, 1.807) is 6.07 Å². The topological polar surface area (TPSA) is 116 Å². The molecular formula is C21H26N2O5. The fraction of sp³-hybridized carbons (Fsp3) is 0.667. The number of carbonyl (C=O) groups is 1. The minimum atomic E-state index is -1.59. The summed E-state index contributed by atoms with van der Waals surface area (Å²) in [6, 6.07) is 3.45. The van der Waals surface area contributed by atoms with Crippen LogP contribution in [0.5, 0.6) is 11.5 Å². The largest absolute Gasteiger partial charge is 0.504 e. The Kier molecular flexibility index (Phi) is 3.05. The van der Waals surface area contributed by atoms with Crippen LogP contribution in [0.1, 0.15) is 43.2 Å². The Morgan fingerprint density at radius 1 is 1.29 bits per heavy atom. The van der Waals surface area contributed by atoms with Crippen molar-refractivity contribution in [1.82, 2.24) is 4.90 Å². The van der Waals surface area contributed by atoms with Crippen LogP contribution in [0.2, 0.25) is 0 Å². The molecular weight excluding hydrogens is 360 g/mol. The van der Waals surface area contributed by atoms with Crippen molar-refractivity contribution >= 4 is 5.97 Å². The van der Waals surface area contributed by atoms with E-state index >= 15 is 0 Å². The molecule has 1 saturated heterocycles. The Morgan fingerprint density at radius 2 is 2.07 bits per heavy atom. The molecule has 0 amide bonds. The van der Waals surface area contributed by atoms with Gasteiger partial charge >= 0.3 is 5.97 Å². The minimum absolute atomic E-state index is 0.00327. The van der Waals surface area contributed by atoms with Crippen molar-refractivity contribution in [1.29, 1.82) is 0 Å². The number of likely N-dealkylation sites (tertiary alicyclic amines) is 1. The number of phenolic OH excluding ortho intramolecular Hbond substituents is 1. The quantitative estimate of drug-likeness (QED) is 0.605. The van der Waals surface area contributed by atoms with Gasteiger partial charge in [-0.05, 0) is 62.6 Å². The molecule has 2 heterocycles. The minimum Gasteiger partial charge on any atom is -0.504 e. The van der Waals surface area contributed by atoms with E-state index < -0.39 is 28.6 Å². The molecule has 3 aliphatic carbocycles. The lowest BCUT2D eigenvalue weighted by Crippen LogP contribution is -2.81. The average Bonchev–Trinajstić information content (AvgIpc) is 3.39. The number of hydrogen-bond acceptors (Lipinski definition) is 6. The number of carboxylic acid groups (broad SMARTS) is 1. The lowest BCUT2D eigenvalue weighted by molar-refractivity contribution is -0.207. The lowest BCUT2D eigenvalue weighted by Gasteiger charge is -2.65. The zero-order chi connectivity index (χ0) is 19.5. The van der Waals surface area contributed by atoms with Crippen molar-refractivity contribution < 1.29 is 24.9 Å². The molecule has 0 radical (unpaired) electrons. The number of rotatable bonds is 3. The van der Waals surface area contributed by atoms with Crippen LogP contribution in [0, 0.1) is 5.92 Å². The van der Waals surface area contributed by atoms with Crippen LogP contribution in [-0.4, -0.2) is 62.6 Å². The van der Waals surface area contributed by atoms with E-state index in [4.69, 9.17) is 10.5 Å². The van der Waals surface area contributed by atoms with Crippen LogP contribution >= 0.6 is 0 Å². The highest BCUT2D eigenvalue weighted by Crippen LogP contribution is 2.66. The molecule has 2 aliphatic heterocycles. The summed E-state index contributed by atoms with van der Waals surface area (Å²) < 4.78 is 6.15. The summed E-state index contributed by atoms with van der Waals surface area (Å²) in [5.41, 5.74) is 4.71. The molecule has 3 fully saturated rings. The van der Waals surface area contributed by atoms with Gasteiger partial charge in [-0.1, -0.05) is 6.07 Å². The number of phenols is 1. The molecule has 1 aromatic rings. The zero-order valence-electron chi connectivity index (χ0n) is 15.7. The van der Waals surface area contributed by atoms with Gasteiger partial charge in [0.05, 0.1) is 11.0 Å². The average molecular weight is 386 g/mol. The number of carboxylic acids is 1. The van der Waals surface area contributed by atoms with Crippen molar-refractivity contribution in [2.75, 3.05) is 13.1 Å². The predicted molar refractivity (Wildman–Crippen MR) is 99.3 cm³/mol. The number of nitrogens with zero attached hydrogens (tertiary/aromatic N) is 1. The van der Waals surface area contributed by atoms with Crippen LogP contribution in [0.4, 0.5) is 0 Å². The molecule has 5 aliphatic rings. The molecule has 7 nitrogen and oxygen atoms in total. The maximum absolute atomic E-state index is 12.2. The molecule has 2 saturated carbocycles. The zero-order valence-corrected chi connectivity index (χ0v) is 15.7. The van der Waals surface area contributed by atoms with Crippen molar-refractivity contribution in [2.45, 2.75) is 67.2 Å². The van der Waals surface area contributed by atoms with Gasteiger partial charge in [-0.3, -0.25) is 9.69 Å². The first kappa shape index (κ1) is 17.1. The summed E-state index contributed by atoms with van der Waals surface area (Å²) in [4.78, 5) is 14.6. The lowest BCUT2D eigenvalue weighted by atomic mass is 9.46. The van der Waals surface area contributed by atoms with Gasteiger partial charge in [0.2, 0.25) is 0 Å². The number of piperidine rings is 1. The first-order chi connectivity index (χ1) is 13.3. The summed E-state index contributed by atoms with van der Waals surface area (Å²) in [5, 5.41) is 32.6. The van der Waals surface area contributed by atoms with Gasteiger partial charge in [0.15, 0.2) is 17.0 Å². The third kappa shape index (κ3) is 1.75. The van der Waals surface area contributed by atoms with Crippen LogP contribution in [0.3, 0.4) is 0 Å². The van der Waals surface area contributed by atoms with Crippen LogP contribution < -0.4 is 10.5 Å². The number of aliphatic hydroxyl groups is 1. The Bertz CT molecular complexity index is 901. The van der Waals surface area contributed by atoms with Crippen LogP contribution in [-0.2, 0) is 16.6 Å². The number of nitrogens with two attached hydrogens (primary N) is 1. The number of ether oxygens (including phenoxy) is 1. The Labute approximate surface area is 163 Å². The molecule has 28 heavy (non-hydrogen) atoms. The van der Waals surface area contributed by atoms with E-state index in [9.17, 15) is 20.1 Å². The van der Waals surface area contributed by atoms with E-state index in [1.807, 2.05) is 6.07 Å². The Balaban J connectivity index is 1.58. The Hall–Kier alpha value is -1.83. The first-order valence-corrected chi connectivity index (χ1v) is 10.3. The van der Waals surface area contributed by atoms with E-state index in [-0.39, 0.29) is 18.2 Å². The second kappa shape index (κ2) is 5.01. The van der Waals surface area contributed by atoms with E-state index in [0.29, 0.717) is 30.9 Å². The van der Waals surface area contributed by atoms with Gasteiger partial charge in [-0.25, -0.2) is 0 Å². The van der Waals surface area contributed by atoms with E-state index in [1.165, 1.54) is 12.8 Å². The maximum atomic E-state index is 12.2. The van der Waals surface area contributed by atoms with Crippen molar-refractivity contribution in [3.05, 3.63) is 23.3 Å². The van der Waals surface area contributed by atoms with E-state index in [0.717, 1.165) is 24.2 Å². The number of aromatic hydroxyl groups is 1. The third-order valence-electron chi connectivity index (χ3n) is 8.30. The monoisotopic (exact) mass is 386 g/mol. The van der Waals surface area contributed by atoms with Crippen molar-refractivity contribution in [3.63, 3.8) is 0 Å². The summed E-state index contributed by atoms with van der Waals surface area (Å²) in [6.07, 6.45) is 3.38. The van der Waals surface area contributed by atoms with Gasteiger partial charge in [0.25, 0.3) is 0 Å². The molecule has 6 rings (SSSR count). The van der Waals surface area contributed by atoms with Crippen LogP contribution in [0.15, 0.2) is 12.1 Å². The fourth-order valence-electron chi connectivity index (χ4n) is 6.77. The van der Waals surface area contributed by atoms with Crippen molar-refractivity contribution in [2.24, 2.45) is 11.7 Å². The highest BCUT2D eigenvalue weighted by molar-refractivity contribution is 5.82. The summed E-state index contributed by atoms with van der Waals surface area (Å²) >= 11 is 0. The normalized spacial score (nSPS) is 43.4.